The molecule has 0 heterocycles. The van der Waals surface area contributed by atoms with Gasteiger partial charge in [-0.3, -0.25) is 4.79 Å². The molecule has 0 amide bonds. The summed E-state index contributed by atoms with van der Waals surface area (Å²) >= 11 is 0. The van der Waals surface area contributed by atoms with Crippen LogP contribution in [0.3, 0.4) is 0 Å². The van der Waals surface area contributed by atoms with Gasteiger partial charge in [-0.15, -0.1) is 0 Å². The van der Waals surface area contributed by atoms with Crippen LogP contribution in [0.25, 0.3) is 0 Å². The molecule has 4 atom stereocenters. The van der Waals surface area contributed by atoms with Crippen molar-refractivity contribution in [2.75, 3.05) is 13.7 Å². The van der Waals surface area contributed by atoms with Crippen LogP contribution < -0.4 is 0 Å². The largest absolute Gasteiger partial charge is 0.463 e. The SMILES string of the molecule is COC(=O)C(=O)[C@H](O)[C@@H](O)[C@H](O)[C@H](O)CO. The van der Waals surface area contributed by atoms with Gasteiger partial charge in [-0.05, 0) is 0 Å². The molecule has 0 rings (SSSR count). The maximum Gasteiger partial charge on any atom is 0.377 e. The van der Waals surface area contributed by atoms with Crippen molar-refractivity contribution in [1.29, 1.82) is 0 Å². The van der Waals surface area contributed by atoms with Gasteiger partial charge in [0.25, 0.3) is 5.78 Å². The average Bonchev–Trinajstić information content (AvgIpc) is 2.32. The number of aliphatic hydroxyl groups is 5. The minimum atomic E-state index is -2.23. The summed E-state index contributed by atoms with van der Waals surface area (Å²) in [6, 6.07) is 0. The first-order valence-electron chi connectivity index (χ1n) is 4.32. The zero-order valence-corrected chi connectivity index (χ0v) is 8.48. The Morgan fingerprint density at radius 1 is 1.12 bits per heavy atom. The zero-order chi connectivity index (χ0) is 12.9. The van der Waals surface area contributed by atoms with Crippen molar-refractivity contribution in [3.63, 3.8) is 0 Å². The van der Waals surface area contributed by atoms with Crippen molar-refractivity contribution in [1.82, 2.24) is 0 Å². The highest BCUT2D eigenvalue weighted by Crippen LogP contribution is 2.06. The molecular formula is C8H14O8. The molecule has 0 bridgehead atoms. The fourth-order valence-corrected chi connectivity index (χ4v) is 0.899. The van der Waals surface area contributed by atoms with E-state index in [4.69, 9.17) is 20.4 Å². The van der Waals surface area contributed by atoms with Gasteiger partial charge in [0.1, 0.15) is 18.3 Å². The second-order valence-corrected chi connectivity index (χ2v) is 3.03. The molecule has 0 saturated carbocycles. The molecule has 0 aliphatic carbocycles. The number of esters is 1. The second-order valence-electron chi connectivity index (χ2n) is 3.03. The smallest absolute Gasteiger partial charge is 0.377 e. The van der Waals surface area contributed by atoms with Gasteiger partial charge in [-0.1, -0.05) is 0 Å². The second kappa shape index (κ2) is 6.51. The summed E-state index contributed by atoms with van der Waals surface area (Å²) in [5.74, 6) is -2.85. The van der Waals surface area contributed by atoms with Crippen LogP contribution in [-0.4, -0.2) is 75.4 Å². The third-order valence-electron chi connectivity index (χ3n) is 1.91. The van der Waals surface area contributed by atoms with Crippen LogP contribution >= 0.6 is 0 Å². The summed E-state index contributed by atoms with van der Waals surface area (Å²) in [5, 5.41) is 44.9. The number of methoxy groups -OCH3 is 1. The zero-order valence-electron chi connectivity index (χ0n) is 8.48. The van der Waals surface area contributed by atoms with Gasteiger partial charge in [0.2, 0.25) is 0 Å². The highest BCUT2D eigenvalue weighted by atomic mass is 16.5. The minimum Gasteiger partial charge on any atom is -0.463 e. The Morgan fingerprint density at radius 3 is 2.00 bits per heavy atom. The van der Waals surface area contributed by atoms with Crippen molar-refractivity contribution < 1.29 is 39.9 Å². The predicted molar refractivity (Wildman–Crippen MR) is 48.1 cm³/mol. The van der Waals surface area contributed by atoms with Gasteiger partial charge < -0.3 is 30.3 Å². The van der Waals surface area contributed by atoms with Gasteiger partial charge >= 0.3 is 5.97 Å². The number of rotatable bonds is 6. The fraction of sp³-hybridized carbons (Fsp3) is 0.750. The van der Waals surface area contributed by atoms with Crippen molar-refractivity contribution in [3.05, 3.63) is 0 Å². The molecule has 0 aromatic rings. The molecule has 8 nitrogen and oxygen atoms in total. The van der Waals surface area contributed by atoms with E-state index in [2.05, 4.69) is 4.74 Å². The quantitative estimate of drug-likeness (QED) is 0.234. The normalized spacial score (nSPS) is 18.4. The molecule has 0 saturated heterocycles. The molecule has 94 valence electrons. The Labute approximate surface area is 90.7 Å². The standard InChI is InChI=1S/C8H14O8/c1-16-8(15)7(14)6(13)5(12)4(11)3(10)2-9/h3-6,9-13H,2H2,1H3/t3-,4-,5+,6-/m1/s1. The molecule has 0 aromatic heterocycles. The van der Waals surface area contributed by atoms with E-state index in [1.165, 1.54) is 0 Å². The van der Waals surface area contributed by atoms with Crippen LogP contribution in [0.4, 0.5) is 0 Å². The maximum absolute atomic E-state index is 11.0. The van der Waals surface area contributed by atoms with E-state index in [1.807, 2.05) is 0 Å². The first kappa shape index (κ1) is 14.9. The van der Waals surface area contributed by atoms with E-state index in [0.29, 0.717) is 0 Å². The Hall–Kier alpha value is -1.06. The van der Waals surface area contributed by atoms with Gasteiger partial charge in [-0.2, -0.15) is 0 Å². The Kier molecular flexibility index (Phi) is 6.08. The molecule has 0 aromatic carbocycles. The molecular weight excluding hydrogens is 224 g/mol. The van der Waals surface area contributed by atoms with Gasteiger partial charge in [0.05, 0.1) is 13.7 Å². The van der Waals surface area contributed by atoms with Crippen LogP contribution in [0.15, 0.2) is 0 Å². The lowest BCUT2D eigenvalue weighted by Gasteiger charge is -2.24. The molecule has 16 heavy (non-hydrogen) atoms. The van der Waals surface area contributed by atoms with Crippen LogP contribution in [0.2, 0.25) is 0 Å². The predicted octanol–water partition coefficient (Wildman–Crippen LogP) is -3.84. The lowest BCUT2D eigenvalue weighted by molar-refractivity contribution is -0.164. The fourth-order valence-electron chi connectivity index (χ4n) is 0.899. The van der Waals surface area contributed by atoms with Crippen LogP contribution in [-0.2, 0) is 14.3 Å². The first-order chi connectivity index (χ1) is 7.36. The molecule has 0 aliphatic rings. The highest BCUT2D eigenvalue weighted by molar-refractivity contribution is 6.35. The molecule has 0 radical (unpaired) electrons. The van der Waals surface area contributed by atoms with Gasteiger partial charge in [-0.25, -0.2) is 4.79 Å². The van der Waals surface area contributed by atoms with Crippen molar-refractivity contribution in [2.24, 2.45) is 0 Å². The van der Waals surface area contributed by atoms with Crippen molar-refractivity contribution in [3.8, 4) is 0 Å². The number of hydrogen-bond acceptors (Lipinski definition) is 8. The third-order valence-corrected chi connectivity index (χ3v) is 1.91. The van der Waals surface area contributed by atoms with E-state index < -0.39 is 42.8 Å². The molecule has 0 fully saturated rings. The summed E-state index contributed by atoms with van der Waals surface area (Å²) in [6.45, 7) is -0.878. The van der Waals surface area contributed by atoms with E-state index >= 15 is 0 Å². The van der Waals surface area contributed by atoms with E-state index in [9.17, 15) is 14.7 Å². The molecule has 0 aliphatic heterocycles. The van der Waals surface area contributed by atoms with E-state index in [0.717, 1.165) is 7.11 Å². The lowest BCUT2D eigenvalue weighted by atomic mass is 10.0. The van der Waals surface area contributed by atoms with Crippen LogP contribution in [0, 0.1) is 0 Å². The van der Waals surface area contributed by atoms with Gasteiger partial charge in [0, 0.05) is 0 Å². The first-order valence-corrected chi connectivity index (χ1v) is 4.32. The Balaban J connectivity index is 4.54. The summed E-state index contributed by atoms with van der Waals surface area (Å²) in [7, 11) is 0.901. The number of hydrogen-bond donors (Lipinski definition) is 5. The topological polar surface area (TPSA) is 145 Å². The maximum atomic E-state index is 11.0. The lowest BCUT2D eigenvalue weighted by Crippen LogP contribution is -2.50. The summed E-state index contributed by atoms with van der Waals surface area (Å²) < 4.78 is 4.00. The molecule has 0 spiro atoms. The molecule has 0 unspecified atom stereocenters. The number of Topliss-reactive ketones (excluding diaryl/α,β-unsaturated/α-hetero) is 1. The molecule has 5 N–H and O–H groups in total. The summed E-state index contributed by atoms with van der Waals surface area (Å²) in [4.78, 5) is 21.7. The minimum absolute atomic E-state index is 0.878. The average molecular weight is 238 g/mol. The Bertz CT molecular complexity index is 252. The summed E-state index contributed by atoms with van der Waals surface area (Å²) in [6.07, 6.45) is -8.04. The summed E-state index contributed by atoms with van der Waals surface area (Å²) in [5.41, 5.74) is 0. The number of carbonyl (C=O) groups excluding carboxylic acids is 2. The van der Waals surface area contributed by atoms with Crippen LogP contribution in [0.5, 0.6) is 0 Å². The monoisotopic (exact) mass is 238 g/mol. The van der Waals surface area contributed by atoms with Crippen molar-refractivity contribution in [2.45, 2.75) is 24.4 Å². The van der Waals surface area contributed by atoms with Crippen molar-refractivity contribution >= 4 is 11.8 Å². The number of ketones is 1. The van der Waals surface area contributed by atoms with Gasteiger partial charge in [0.15, 0.2) is 6.10 Å². The third kappa shape index (κ3) is 3.51. The Morgan fingerprint density at radius 2 is 1.62 bits per heavy atom. The van der Waals surface area contributed by atoms with Crippen LogP contribution in [0.1, 0.15) is 0 Å². The van der Waals surface area contributed by atoms with E-state index in [-0.39, 0.29) is 0 Å². The molecule has 8 heteroatoms. The highest BCUT2D eigenvalue weighted by Gasteiger charge is 2.37. The number of carbonyl (C=O) groups is 2. The van der Waals surface area contributed by atoms with E-state index in [1.54, 1.807) is 0 Å². The number of aliphatic hydroxyl groups excluding tert-OH is 5. The number of ether oxygens (including phenoxy) is 1.